The lowest BCUT2D eigenvalue weighted by Crippen LogP contribution is -2.14. The molecule has 0 heterocycles. The number of esters is 1. The van der Waals surface area contributed by atoms with Crippen LogP contribution < -0.4 is 15.4 Å². The van der Waals surface area contributed by atoms with Crippen molar-refractivity contribution in [2.45, 2.75) is 13.8 Å². The van der Waals surface area contributed by atoms with Gasteiger partial charge in [-0.05, 0) is 62.4 Å². The van der Waals surface area contributed by atoms with Crippen molar-refractivity contribution < 1.29 is 19.1 Å². The van der Waals surface area contributed by atoms with E-state index in [1.54, 1.807) is 55.5 Å². The topological polar surface area (TPSA) is 100 Å². The highest BCUT2D eigenvalue weighted by Gasteiger charge is 2.11. The summed E-state index contributed by atoms with van der Waals surface area (Å²) in [7, 11) is 0. The first-order valence-electron chi connectivity index (χ1n) is 8.75. The molecule has 0 saturated heterocycles. The molecule has 0 aromatic heterocycles. The molecule has 0 saturated carbocycles. The predicted molar refractivity (Wildman–Crippen MR) is 106 cm³/mol. The van der Waals surface area contributed by atoms with Crippen molar-refractivity contribution in [1.82, 2.24) is 0 Å². The van der Waals surface area contributed by atoms with Crippen molar-refractivity contribution in [3.63, 3.8) is 0 Å². The zero-order valence-electron chi connectivity index (χ0n) is 15.7. The maximum atomic E-state index is 12.3. The molecule has 28 heavy (non-hydrogen) atoms. The maximum absolute atomic E-state index is 12.3. The Kier molecular flexibility index (Phi) is 7.61. The van der Waals surface area contributed by atoms with Gasteiger partial charge in [-0.2, -0.15) is 5.26 Å². The standard InChI is InChI=1S/C21H21N3O4/c1-3-27-19-11-9-17(10-12-19)23-14-16(13-22)20(25)24-18-7-5-15(6-8-18)21(26)28-4-2/h5-12,14,23H,3-4H2,1-2H3,(H,24,25)/b16-14-. The summed E-state index contributed by atoms with van der Waals surface area (Å²) in [5.41, 5.74) is 1.46. The van der Waals surface area contributed by atoms with Gasteiger partial charge in [0, 0.05) is 17.6 Å². The molecule has 0 unspecified atom stereocenters. The van der Waals surface area contributed by atoms with Crippen molar-refractivity contribution in [3.05, 3.63) is 65.9 Å². The Labute approximate surface area is 163 Å². The van der Waals surface area contributed by atoms with E-state index in [4.69, 9.17) is 9.47 Å². The average Bonchev–Trinajstić information content (AvgIpc) is 2.70. The van der Waals surface area contributed by atoms with Crippen molar-refractivity contribution >= 4 is 23.3 Å². The summed E-state index contributed by atoms with van der Waals surface area (Å²) in [6.45, 7) is 4.49. The molecule has 0 atom stereocenters. The van der Waals surface area contributed by atoms with Gasteiger partial charge in [-0.1, -0.05) is 0 Å². The second-order valence-electron chi connectivity index (χ2n) is 5.52. The van der Waals surface area contributed by atoms with Crippen LogP contribution in [0.25, 0.3) is 0 Å². The monoisotopic (exact) mass is 379 g/mol. The van der Waals surface area contributed by atoms with Crippen molar-refractivity contribution in [2.24, 2.45) is 0 Å². The first kappa shape index (κ1) is 20.5. The SMILES string of the molecule is CCOC(=O)c1ccc(NC(=O)/C(C#N)=C\Nc2ccc(OCC)cc2)cc1. The molecule has 0 radical (unpaired) electrons. The largest absolute Gasteiger partial charge is 0.494 e. The molecule has 1 amide bonds. The summed E-state index contributed by atoms with van der Waals surface area (Å²) < 4.78 is 10.3. The maximum Gasteiger partial charge on any atom is 0.338 e. The molecule has 0 bridgehead atoms. The first-order chi connectivity index (χ1) is 13.6. The van der Waals surface area contributed by atoms with Crippen molar-refractivity contribution in [2.75, 3.05) is 23.8 Å². The number of carbonyl (C=O) groups excluding carboxylic acids is 2. The molecule has 0 aliphatic heterocycles. The number of nitrogens with one attached hydrogen (secondary N) is 2. The van der Waals surface area contributed by atoms with Crippen LogP contribution in [0.15, 0.2) is 60.3 Å². The highest BCUT2D eigenvalue weighted by molar-refractivity contribution is 6.06. The van der Waals surface area contributed by atoms with Crippen LogP contribution in [0, 0.1) is 11.3 Å². The van der Waals surface area contributed by atoms with Crippen LogP contribution in [-0.2, 0) is 9.53 Å². The summed E-state index contributed by atoms with van der Waals surface area (Å²) in [6.07, 6.45) is 1.33. The first-order valence-corrected chi connectivity index (χ1v) is 8.75. The van der Waals surface area contributed by atoms with E-state index in [-0.39, 0.29) is 12.2 Å². The summed E-state index contributed by atoms with van der Waals surface area (Å²) in [5.74, 6) is -0.260. The molecular formula is C21H21N3O4. The third-order valence-corrected chi connectivity index (χ3v) is 3.57. The lowest BCUT2D eigenvalue weighted by molar-refractivity contribution is -0.112. The zero-order chi connectivity index (χ0) is 20.4. The van der Waals surface area contributed by atoms with Gasteiger partial charge in [-0.15, -0.1) is 0 Å². The van der Waals surface area contributed by atoms with E-state index in [0.717, 1.165) is 5.75 Å². The van der Waals surface area contributed by atoms with Crippen LogP contribution in [0.5, 0.6) is 5.75 Å². The fourth-order valence-electron chi connectivity index (χ4n) is 2.22. The number of hydrogen-bond donors (Lipinski definition) is 2. The normalized spacial score (nSPS) is 10.5. The predicted octanol–water partition coefficient (Wildman–Crippen LogP) is 3.72. The second-order valence-corrected chi connectivity index (χ2v) is 5.52. The van der Waals surface area contributed by atoms with Crippen LogP contribution in [0.1, 0.15) is 24.2 Å². The fraction of sp³-hybridized carbons (Fsp3) is 0.190. The molecule has 0 aliphatic rings. The van der Waals surface area contributed by atoms with Gasteiger partial charge in [0.2, 0.25) is 0 Å². The molecule has 2 aromatic rings. The minimum absolute atomic E-state index is 0.0941. The van der Waals surface area contributed by atoms with Gasteiger partial charge in [0.05, 0.1) is 18.8 Å². The third kappa shape index (κ3) is 5.88. The minimum Gasteiger partial charge on any atom is -0.494 e. The summed E-state index contributed by atoms with van der Waals surface area (Å²) in [4.78, 5) is 23.9. The van der Waals surface area contributed by atoms with Gasteiger partial charge < -0.3 is 20.1 Å². The molecular weight excluding hydrogens is 358 g/mol. The Morgan fingerprint density at radius 1 is 1.00 bits per heavy atom. The molecule has 144 valence electrons. The molecule has 2 aromatic carbocycles. The number of amides is 1. The Bertz CT molecular complexity index is 881. The van der Waals surface area contributed by atoms with E-state index in [0.29, 0.717) is 23.5 Å². The summed E-state index contributed by atoms with van der Waals surface area (Å²) >= 11 is 0. The number of rotatable bonds is 8. The van der Waals surface area contributed by atoms with E-state index in [9.17, 15) is 14.9 Å². The number of carbonyl (C=O) groups is 2. The van der Waals surface area contributed by atoms with Crippen LogP contribution in [0.2, 0.25) is 0 Å². The third-order valence-electron chi connectivity index (χ3n) is 3.57. The van der Waals surface area contributed by atoms with Gasteiger partial charge in [-0.25, -0.2) is 4.79 Å². The van der Waals surface area contributed by atoms with Gasteiger partial charge in [-0.3, -0.25) is 4.79 Å². The van der Waals surface area contributed by atoms with Crippen LogP contribution >= 0.6 is 0 Å². The zero-order valence-corrected chi connectivity index (χ0v) is 15.7. The lowest BCUT2D eigenvalue weighted by Gasteiger charge is -2.07. The van der Waals surface area contributed by atoms with Gasteiger partial charge in [0.1, 0.15) is 17.4 Å². The number of benzene rings is 2. The Morgan fingerprint density at radius 3 is 2.21 bits per heavy atom. The number of anilines is 2. The highest BCUT2D eigenvalue weighted by atomic mass is 16.5. The van der Waals surface area contributed by atoms with Gasteiger partial charge in [0.25, 0.3) is 5.91 Å². The van der Waals surface area contributed by atoms with Gasteiger partial charge in [0.15, 0.2) is 0 Å². The summed E-state index contributed by atoms with van der Waals surface area (Å²) in [5, 5.41) is 14.8. The van der Waals surface area contributed by atoms with Crippen LogP contribution in [-0.4, -0.2) is 25.1 Å². The number of ether oxygens (including phenoxy) is 2. The second kappa shape index (κ2) is 10.4. The Morgan fingerprint density at radius 2 is 1.64 bits per heavy atom. The number of nitrogens with zero attached hydrogens (tertiary/aromatic N) is 1. The van der Waals surface area contributed by atoms with Crippen LogP contribution in [0.3, 0.4) is 0 Å². The number of nitriles is 1. The molecule has 0 fully saturated rings. The van der Waals surface area contributed by atoms with E-state index in [1.807, 2.05) is 13.0 Å². The molecule has 7 heteroatoms. The van der Waals surface area contributed by atoms with E-state index >= 15 is 0 Å². The number of hydrogen-bond acceptors (Lipinski definition) is 6. The lowest BCUT2D eigenvalue weighted by atomic mass is 10.2. The minimum atomic E-state index is -0.565. The smallest absolute Gasteiger partial charge is 0.338 e. The Balaban J connectivity index is 1.99. The summed E-state index contributed by atoms with van der Waals surface area (Å²) in [6, 6.07) is 15.2. The average molecular weight is 379 g/mol. The molecule has 0 spiro atoms. The molecule has 7 nitrogen and oxygen atoms in total. The molecule has 2 N–H and O–H groups in total. The fourth-order valence-corrected chi connectivity index (χ4v) is 2.22. The van der Waals surface area contributed by atoms with E-state index in [2.05, 4.69) is 10.6 Å². The van der Waals surface area contributed by atoms with Crippen molar-refractivity contribution in [1.29, 1.82) is 5.26 Å². The Hall–Kier alpha value is -3.79. The van der Waals surface area contributed by atoms with Crippen LogP contribution in [0.4, 0.5) is 11.4 Å². The van der Waals surface area contributed by atoms with E-state index < -0.39 is 11.9 Å². The molecule has 0 aliphatic carbocycles. The quantitative estimate of drug-likeness (QED) is 0.412. The highest BCUT2D eigenvalue weighted by Crippen LogP contribution is 2.16. The van der Waals surface area contributed by atoms with Crippen molar-refractivity contribution in [3.8, 4) is 11.8 Å². The molecule has 2 rings (SSSR count). The van der Waals surface area contributed by atoms with E-state index in [1.165, 1.54) is 6.20 Å². The van der Waals surface area contributed by atoms with Gasteiger partial charge >= 0.3 is 5.97 Å².